The molecular formula is C15H18ClN3. The molecule has 100 valence electrons. The number of nitrogens with one attached hydrogen (secondary N) is 1. The maximum absolute atomic E-state index is 6.05. The second-order valence-electron chi connectivity index (χ2n) is 4.74. The number of pyridine rings is 1. The van der Waals surface area contributed by atoms with E-state index in [2.05, 4.69) is 21.3 Å². The van der Waals surface area contributed by atoms with Gasteiger partial charge in [0.05, 0.1) is 23.6 Å². The normalized spacial score (nSPS) is 10.3. The van der Waals surface area contributed by atoms with Crippen molar-refractivity contribution in [2.24, 2.45) is 0 Å². The first kappa shape index (κ1) is 13.7. The maximum atomic E-state index is 6.05. The van der Waals surface area contributed by atoms with Crippen molar-refractivity contribution < 1.29 is 0 Å². The fourth-order valence-electron chi connectivity index (χ4n) is 1.83. The van der Waals surface area contributed by atoms with Gasteiger partial charge in [0.25, 0.3) is 0 Å². The molecule has 0 saturated carbocycles. The van der Waals surface area contributed by atoms with Gasteiger partial charge in [0, 0.05) is 25.3 Å². The summed E-state index contributed by atoms with van der Waals surface area (Å²) in [5, 5.41) is 4.11. The Morgan fingerprint density at radius 1 is 1.21 bits per heavy atom. The molecular weight excluding hydrogens is 258 g/mol. The van der Waals surface area contributed by atoms with E-state index < -0.39 is 0 Å². The van der Waals surface area contributed by atoms with Crippen LogP contribution in [-0.2, 0) is 6.54 Å². The highest BCUT2D eigenvalue weighted by atomic mass is 35.5. The Balaban J connectivity index is 2.14. The minimum Gasteiger partial charge on any atom is -0.378 e. The van der Waals surface area contributed by atoms with E-state index in [9.17, 15) is 0 Å². The number of hydrogen-bond acceptors (Lipinski definition) is 3. The summed E-state index contributed by atoms with van der Waals surface area (Å²) in [5.41, 5.74) is 4.30. The summed E-state index contributed by atoms with van der Waals surface area (Å²) < 4.78 is 0. The molecule has 2 rings (SSSR count). The second-order valence-corrected chi connectivity index (χ2v) is 5.17. The van der Waals surface area contributed by atoms with Crippen molar-refractivity contribution in [2.75, 3.05) is 24.3 Å². The van der Waals surface area contributed by atoms with Gasteiger partial charge in [-0.05, 0) is 36.8 Å². The van der Waals surface area contributed by atoms with Gasteiger partial charge in [-0.3, -0.25) is 4.98 Å². The first-order valence-electron chi connectivity index (χ1n) is 6.18. The zero-order chi connectivity index (χ0) is 13.8. The molecule has 1 heterocycles. The lowest BCUT2D eigenvalue weighted by Crippen LogP contribution is -2.12. The minimum absolute atomic E-state index is 0.682. The van der Waals surface area contributed by atoms with Crippen LogP contribution in [0.1, 0.15) is 11.3 Å². The first-order chi connectivity index (χ1) is 9.06. The second kappa shape index (κ2) is 5.93. The van der Waals surface area contributed by atoms with Crippen molar-refractivity contribution in [3.8, 4) is 0 Å². The fourth-order valence-corrected chi connectivity index (χ4v) is 2.00. The quantitative estimate of drug-likeness (QED) is 0.922. The lowest BCUT2D eigenvalue weighted by molar-refractivity contribution is 1.03. The summed E-state index contributed by atoms with van der Waals surface area (Å²) in [4.78, 5) is 6.44. The molecule has 2 aromatic rings. The number of rotatable bonds is 4. The van der Waals surface area contributed by atoms with Crippen LogP contribution in [0.15, 0.2) is 36.5 Å². The number of anilines is 2. The van der Waals surface area contributed by atoms with Gasteiger partial charge in [-0.2, -0.15) is 0 Å². The van der Waals surface area contributed by atoms with Gasteiger partial charge in [0.1, 0.15) is 0 Å². The molecule has 19 heavy (non-hydrogen) atoms. The smallest absolute Gasteiger partial charge is 0.0597 e. The molecule has 0 spiro atoms. The summed E-state index contributed by atoms with van der Waals surface area (Å²) in [6.07, 6.45) is 1.88. The SMILES string of the molecule is Cc1ccc(CNc2cc(Cl)ccc2N(C)C)nc1. The molecule has 0 unspecified atom stereocenters. The third-order valence-corrected chi connectivity index (χ3v) is 3.11. The summed E-state index contributed by atoms with van der Waals surface area (Å²) in [5.74, 6) is 0. The van der Waals surface area contributed by atoms with Gasteiger partial charge in [0.15, 0.2) is 0 Å². The van der Waals surface area contributed by atoms with E-state index in [-0.39, 0.29) is 0 Å². The number of hydrogen-bond donors (Lipinski definition) is 1. The van der Waals surface area contributed by atoms with E-state index in [1.165, 1.54) is 5.56 Å². The Morgan fingerprint density at radius 3 is 2.63 bits per heavy atom. The van der Waals surface area contributed by atoms with E-state index in [0.717, 1.165) is 22.1 Å². The minimum atomic E-state index is 0.682. The molecule has 0 aliphatic carbocycles. The third-order valence-electron chi connectivity index (χ3n) is 2.87. The molecule has 0 aliphatic heterocycles. The van der Waals surface area contributed by atoms with Crippen molar-refractivity contribution in [3.63, 3.8) is 0 Å². The van der Waals surface area contributed by atoms with Crippen LogP contribution in [0.2, 0.25) is 5.02 Å². The number of halogens is 1. The predicted octanol–water partition coefficient (Wildman–Crippen LogP) is 3.72. The van der Waals surface area contributed by atoms with Crippen LogP contribution in [0.5, 0.6) is 0 Å². The number of aryl methyl sites for hydroxylation is 1. The van der Waals surface area contributed by atoms with Gasteiger partial charge in [-0.1, -0.05) is 17.7 Å². The molecule has 0 amide bonds. The standard InChI is InChI=1S/C15H18ClN3/c1-11-4-6-13(17-9-11)10-18-14-8-12(16)5-7-15(14)19(2)3/h4-9,18H,10H2,1-3H3. The average molecular weight is 276 g/mol. The van der Waals surface area contributed by atoms with Gasteiger partial charge in [-0.25, -0.2) is 0 Å². The van der Waals surface area contributed by atoms with Crippen molar-refractivity contribution in [3.05, 3.63) is 52.8 Å². The van der Waals surface area contributed by atoms with Crippen LogP contribution >= 0.6 is 11.6 Å². The predicted molar refractivity (Wildman–Crippen MR) is 82.1 cm³/mol. The summed E-state index contributed by atoms with van der Waals surface area (Å²) >= 11 is 6.05. The van der Waals surface area contributed by atoms with Gasteiger partial charge < -0.3 is 10.2 Å². The zero-order valence-corrected chi connectivity index (χ0v) is 12.2. The molecule has 0 radical (unpaired) electrons. The fraction of sp³-hybridized carbons (Fsp3) is 0.267. The lowest BCUT2D eigenvalue weighted by atomic mass is 10.2. The Kier molecular flexibility index (Phi) is 4.27. The van der Waals surface area contributed by atoms with Crippen LogP contribution in [0.3, 0.4) is 0 Å². The topological polar surface area (TPSA) is 28.2 Å². The highest BCUT2D eigenvalue weighted by Crippen LogP contribution is 2.28. The molecule has 1 N–H and O–H groups in total. The largest absolute Gasteiger partial charge is 0.378 e. The molecule has 1 aromatic carbocycles. The van der Waals surface area contributed by atoms with E-state index >= 15 is 0 Å². The van der Waals surface area contributed by atoms with Crippen molar-refractivity contribution in [2.45, 2.75) is 13.5 Å². The Bertz CT molecular complexity index is 550. The van der Waals surface area contributed by atoms with E-state index in [0.29, 0.717) is 6.54 Å². The molecule has 0 bridgehead atoms. The molecule has 0 atom stereocenters. The van der Waals surface area contributed by atoms with E-state index in [4.69, 9.17) is 11.6 Å². The van der Waals surface area contributed by atoms with Crippen LogP contribution in [0, 0.1) is 6.92 Å². The Morgan fingerprint density at radius 2 is 2.00 bits per heavy atom. The monoisotopic (exact) mass is 275 g/mol. The molecule has 0 fully saturated rings. The van der Waals surface area contributed by atoms with Crippen molar-refractivity contribution in [1.82, 2.24) is 4.98 Å². The van der Waals surface area contributed by atoms with Gasteiger partial charge in [-0.15, -0.1) is 0 Å². The number of aromatic nitrogens is 1. The van der Waals surface area contributed by atoms with E-state index in [1.807, 2.05) is 51.5 Å². The zero-order valence-electron chi connectivity index (χ0n) is 11.4. The summed E-state index contributed by atoms with van der Waals surface area (Å²) in [6.45, 7) is 2.72. The average Bonchev–Trinajstić information content (AvgIpc) is 2.38. The number of nitrogens with zero attached hydrogens (tertiary/aromatic N) is 2. The van der Waals surface area contributed by atoms with Crippen LogP contribution < -0.4 is 10.2 Å². The van der Waals surface area contributed by atoms with Gasteiger partial charge in [0.2, 0.25) is 0 Å². The maximum Gasteiger partial charge on any atom is 0.0597 e. The molecule has 0 saturated heterocycles. The lowest BCUT2D eigenvalue weighted by Gasteiger charge is -2.18. The van der Waals surface area contributed by atoms with E-state index in [1.54, 1.807) is 0 Å². The van der Waals surface area contributed by atoms with Crippen molar-refractivity contribution in [1.29, 1.82) is 0 Å². The molecule has 4 heteroatoms. The van der Waals surface area contributed by atoms with Crippen molar-refractivity contribution >= 4 is 23.0 Å². The number of benzene rings is 1. The van der Waals surface area contributed by atoms with Crippen LogP contribution in [0.25, 0.3) is 0 Å². The Labute approximate surface area is 119 Å². The summed E-state index contributed by atoms with van der Waals surface area (Å²) in [7, 11) is 4.02. The molecule has 1 aromatic heterocycles. The van der Waals surface area contributed by atoms with Crippen LogP contribution in [0.4, 0.5) is 11.4 Å². The summed E-state index contributed by atoms with van der Waals surface area (Å²) in [6, 6.07) is 9.93. The molecule has 3 nitrogen and oxygen atoms in total. The highest BCUT2D eigenvalue weighted by Gasteiger charge is 2.05. The van der Waals surface area contributed by atoms with Crippen LogP contribution in [-0.4, -0.2) is 19.1 Å². The van der Waals surface area contributed by atoms with Gasteiger partial charge >= 0.3 is 0 Å². The Hall–Kier alpha value is -1.74. The highest BCUT2D eigenvalue weighted by molar-refractivity contribution is 6.31. The third kappa shape index (κ3) is 3.61. The first-order valence-corrected chi connectivity index (χ1v) is 6.56. The molecule has 0 aliphatic rings.